The highest BCUT2D eigenvalue weighted by atomic mass is 32.2. The third-order valence-electron chi connectivity index (χ3n) is 2.80. The summed E-state index contributed by atoms with van der Waals surface area (Å²) in [6, 6.07) is 4.99. The molecule has 0 aromatic heterocycles. The molecule has 0 spiro atoms. The van der Waals surface area contributed by atoms with Crippen molar-refractivity contribution in [3.63, 3.8) is 0 Å². The minimum absolute atomic E-state index is 0.00391. The molecule has 1 saturated carbocycles. The molecule has 1 aromatic carbocycles. The second-order valence-electron chi connectivity index (χ2n) is 4.00. The van der Waals surface area contributed by atoms with Gasteiger partial charge >= 0.3 is 0 Å². The van der Waals surface area contributed by atoms with Crippen molar-refractivity contribution >= 4 is 23.1 Å². The minimum atomic E-state index is -0.445. The summed E-state index contributed by atoms with van der Waals surface area (Å²) in [5.74, 6) is 0. The van der Waals surface area contributed by atoms with Crippen LogP contribution in [0.4, 0.5) is 11.4 Å². The van der Waals surface area contributed by atoms with Crippen LogP contribution in [0.15, 0.2) is 23.1 Å². The van der Waals surface area contributed by atoms with Crippen molar-refractivity contribution < 1.29 is 4.92 Å². The largest absolute Gasteiger partial charge is 0.393 e. The number of hydrogen-bond donors (Lipinski definition) is 1. The van der Waals surface area contributed by atoms with Crippen molar-refractivity contribution in [1.29, 1.82) is 0 Å². The van der Waals surface area contributed by atoms with Gasteiger partial charge in [0.2, 0.25) is 0 Å². The molecule has 0 unspecified atom stereocenters. The molecule has 0 aliphatic heterocycles. The lowest BCUT2D eigenvalue weighted by Crippen LogP contribution is -1.97. The molecular weight excluding hydrogens is 224 g/mol. The van der Waals surface area contributed by atoms with Gasteiger partial charge in [-0.05, 0) is 25.0 Å². The van der Waals surface area contributed by atoms with E-state index in [1.807, 2.05) is 0 Å². The first-order valence-electron chi connectivity index (χ1n) is 5.37. The molecule has 0 radical (unpaired) electrons. The monoisotopic (exact) mass is 238 g/mol. The van der Waals surface area contributed by atoms with Crippen LogP contribution in [0.25, 0.3) is 0 Å². The Bertz CT molecular complexity index is 403. The lowest BCUT2D eigenvalue weighted by atomic mass is 10.3. The Morgan fingerprint density at radius 3 is 2.62 bits per heavy atom. The quantitative estimate of drug-likeness (QED) is 0.498. The normalized spacial score (nSPS) is 16.5. The minimum Gasteiger partial charge on any atom is -0.393 e. The molecule has 0 saturated heterocycles. The Kier molecular flexibility index (Phi) is 3.33. The van der Waals surface area contributed by atoms with Crippen LogP contribution >= 0.6 is 11.8 Å². The maximum absolute atomic E-state index is 10.6. The number of anilines is 1. The van der Waals surface area contributed by atoms with Crippen LogP contribution < -0.4 is 5.73 Å². The van der Waals surface area contributed by atoms with Crippen LogP contribution in [0.3, 0.4) is 0 Å². The fourth-order valence-corrected chi connectivity index (χ4v) is 3.27. The zero-order chi connectivity index (χ0) is 11.5. The molecule has 1 fully saturated rings. The highest BCUT2D eigenvalue weighted by Gasteiger charge is 2.17. The van der Waals surface area contributed by atoms with E-state index in [0.29, 0.717) is 5.25 Å². The third kappa shape index (κ3) is 2.47. The van der Waals surface area contributed by atoms with E-state index in [-0.39, 0.29) is 11.4 Å². The van der Waals surface area contributed by atoms with Crippen LogP contribution in [-0.4, -0.2) is 10.2 Å². The molecule has 2 N–H and O–H groups in total. The molecule has 0 bridgehead atoms. The lowest BCUT2D eigenvalue weighted by molar-refractivity contribution is -0.383. The highest BCUT2D eigenvalue weighted by molar-refractivity contribution is 8.00. The second kappa shape index (κ2) is 4.74. The Balaban J connectivity index is 2.11. The number of nitrogens with two attached hydrogens (primary N) is 1. The maximum atomic E-state index is 10.6. The Morgan fingerprint density at radius 1 is 1.38 bits per heavy atom. The number of nitro benzene ring substituents is 1. The topological polar surface area (TPSA) is 69.2 Å². The first-order chi connectivity index (χ1) is 7.66. The van der Waals surface area contributed by atoms with Crippen molar-refractivity contribution in [2.45, 2.75) is 35.8 Å². The SMILES string of the molecule is Nc1cc(SC2CCCC2)ccc1[N+](=O)[O-]. The molecule has 86 valence electrons. The molecule has 4 nitrogen and oxygen atoms in total. The number of thioether (sulfide) groups is 1. The van der Waals surface area contributed by atoms with Gasteiger partial charge in [-0.15, -0.1) is 11.8 Å². The highest BCUT2D eigenvalue weighted by Crippen LogP contribution is 2.36. The molecular formula is C11H14N2O2S. The first-order valence-corrected chi connectivity index (χ1v) is 6.25. The van der Waals surface area contributed by atoms with E-state index in [1.54, 1.807) is 23.9 Å². The number of hydrogen-bond acceptors (Lipinski definition) is 4. The Labute approximate surface area is 98.4 Å². The fraction of sp³-hybridized carbons (Fsp3) is 0.455. The van der Waals surface area contributed by atoms with Crippen LogP contribution in [0.1, 0.15) is 25.7 Å². The van der Waals surface area contributed by atoms with Gasteiger partial charge in [0.1, 0.15) is 5.69 Å². The smallest absolute Gasteiger partial charge is 0.292 e. The third-order valence-corrected chi connectivity index (χ3v) is 4.13. The van der Waals surface area contributed by atoms with Crippen LogP contribution in [-0.2, 0) is 0 Å². The molecule has 1 aliphatic carbocycles. The maximum Gasteiger partial charge on any atom is 0.292 e. The molecule has 1 aromatic rings. The van der Waals surface area contributed by atoms with E-state index in [9.17, 15) is 10.1 Å². The van der Waals surface area contributed by atoms with E-state index in [0.717, 1.165) is 4.90 Å². The average Bonchev–Trinajstić information content (AvgIpc) is 2.70. The molecule has 0 amide bonds. The van der Waals surface area contributed by atoms with Crippen LogP contribution in [0.2, 0.25) is 0 Å². The van der Waals surface area contributed by atoms with E-state index in [1.165, 1.54) is 31.7 Å². The first kappa shape index (κ1) is 11.3. The molecule has 0 heterocycles. The number of benzene rings is 1. The van der Waals surface area contributed by atoms with Crippen molar-refractivity contribution in [3.8, 4) is 0 Å². The average molecular weight is 238 g/mol. The van der Waals surface area contributed by atoms with Gasteiger partial charge in [0, 0.05) is 16.2 Å². The van der Waals surface area contributed by atoms with Gasteiger partial charge in [-0.3, -0.25) is 10.1 Å². The zero-order valence-corrected chi connectivity index (χ0v) is 9.70. The van der Waals surface area contributed by atoms with Gasteiger partial charge in [-0.2, -0.15) is 0 Å². The predicted octanol–water partition coefficient (Wildman–Crippen LogP) is 3.21. The van der Waals surface area contributed by atoms with Crippen molar-refractivity contribution in [1.82, 2.24) is 0 Å². The number of nitrogens with zero attached hydrogens (tertiary/aromatic N) is 1. The predicted molar refractivity (Wildman–Crippen MR) is 65.6 cm³/mol. The number of nitro groups is 1. The van der Waals surface area contributed by atoms with Gasteiger partial charge in [0.15, 0.2) is 0 Å². The summed E-state index contributed by atoms with van der Waals surface area (Å²) in [5, 5.41) is 11.2. The van der Waals surface area contributed by atoms with Crippen molar-refractivity contribution in [2.24, 2.45) is 0 Å². The van der Waals surface area contributed by atoms with Gasteiger partial charge in [-0.1, -0.05) is 12.8 Å². The standard InChI is InChI=1S/C11H14N2O2S/c12-10-7-9(5-6-11(10)13(14)15)16-8-3-1-2-4-8/h5-8H,1-4,12H2. The lowest BCUT2D eigenvalue weighted by Gasteiger charge is -2.08. The van der Waals surface area contributed by atoms with E-state index < -0.39 is 4.92 Å². The summed E-state index contributed by atoms with van der Waals surface area (Å²) in [6.45, 7) is 0. The van der Waals surface area contributed by atoms with E-state index in [4.69, 9.17) is 5.73 Å². The summed E-state index contributed by atoms with van der Waals surface area (Å²) in [7, 11) is 0. The zero-order valence-electron chi connectivity index (χ0n) is 8.89. The van der Waals surface area contributed by atoms with Gasteiger partial charge in [-0.25, -0.2) is 0 Å². The molecule has 2 rings (SSSR count). The molecule has 0 atom stereocenters. The van der Waals surface area contributed by atoms with Crippen molar-refractivity contribution in [3.05, 3.63) is 28.3 Å². The summed E-state index contributed by atoms with van der Waals surface area (Å²) < 4.78 is 0. The van der Waals surface area contributed by atoms with Gasteiger partial charge in [0.05, 0.1) is 4.92 Å². The van der Waals surface area contributed by atoms with Crippen LogP contribution in [0.5, 0.6) is 0 Å². The Hall–Kier alpha value is -1.23. The molecule has 1 aliphatic rings. The van der Waals surface area contributed by atoms with Gasteiger partial charge in [0.25, 0.3) is 5.69 Å². The fourth-order valence-electron chi connectivity index (χ4n) is 1.97. The summed E-state index contributed by atoms with van der Waals surface area (Å²) in [5.41, 5.74) is 5.90. The van der Waals surface area contributed by atoms with Crippen molar-refractivity contribution in [2.75, 3.05) is 5.73 Å². The number of nitrogen functional groups attached to an aromatic ring is 1. The second-order valence-corrected chi connectivity index (χ2v) is 5.38. The van der Waals surface area contributed by atoms with Gasteiger partial charge < -0.3 is 5.73 Å². The van der Waals surface area contributed by atoms with E-state index >= 15 is 0 Å². The van der Waals surface area contributed by atoms with Crippen LogP contribution in [0, 0.1) is 10.1 Å². The molecule has 5 heteroatoms. The summed E-state index contributed by atoms with van der Waals surface area (Å²) >= 11 is 1.78. The number of rotatable bonds is 3. The molecule has 16 heavy (non-hydrogen) atoms. The summed E-state index contributed by atoms with van der Waals surface area (Å²) in [4.78, 5) is 11.2. The summed E-state index contributed by atoms with van der Waals surface area (Å²) in [6.07, 6.45) is 5.06. The Morgan fingerprint density at radius 2 is 2.06 bits per heavy atom. The van der Waals surface area contributed by atoms with E-state index in [2.05, 4.69) is 0 Å².